The normalized spacial score (nSPS) is 15.3. The Morgan fingerprint density at radius 1 is 1.18 bits per heavy atom. The van der Waals surface area contributed by atoms with Gasteiger partial charge in [0, 0.05) is 37.4 Å². The summed E-state index contributed by atoms with van der Waals surface area (Å²) >= 11 is 5.98. The zero-order chi connectivity index (χ0) is 28.2. The van der Waals surface area contributed by atoms with E-state index in [0.29, 0.717) is 42.4 Å². The number of benzene rings is 1. The summed E-state index contributed by atoms with van der Waals surface area (Å²) < 4.78 is 18.8. The van der Waals surface area contributed by atoms with Crippen molar-refractivity contribution in [2.75, 3.05) is 19.6 Å². The average Bonchev–Trinajstić information content (AvgIpc) is 3.31. The molecule has 8 nitrogen and oxygen atoms in total. The number of fused-ring (bicyclic) bond motifs is 1. The number of aromatic nitrogens is 2. The molecule has 1 aliphatic rings. The minimum atomic E-state index is -0.604. The lowest BCUT2D eigenvalue weighted by atomic mass is 9.90. The van der Waals surface area contributed by atoms with Crippen LogP contribution < -0.4 is 5.32 Å². The molecule has 0 unspecified atom stereocenters. The number of nitrogens with one attached hydrogen (secondary N) is 2. The molecular formula is C29H34ClFN4O4. The lowest BCUT2D eigenvalue weighted by molar-refractivity contribution is -0.136. The third-order valence-corrected chi connectivity index (χ3v) is 7.02. The molecule has 1 saturated heterocycles. The molecule has 3 aromatic rings. The van der Waals surface area contributed by atoms with E-state index in [1.165, 1.54) is 12.1 Å². The summed E-state index contributed by atoms with van der Waals surface area (Å²) in [5.74, 6) is -1.03. The highest BCUT2D eigenvalue weighted by atomic mass is 35.5. The van der Waals surface area contributed by atoms with Crippen LogP contribution in [0.5, 0.6) is 0 Å². The molecule has 0 bridgehead atoms. The highest BCUT2D eigenvalue weighted by Crippen LogP contribution is 2.25. The summed E-state index contributed by atoms with van der Waals surface area (Å²) in [5, 5.41) is 3.91. The molecule has 0 saturated carbocycles. The molecule has 0 aliphatic carbocycles. The minimum Gasteiger partial charge on any atom is -0.444 e. The first-order chi connectivity index (χ1) is 18.5. The molecule has 1 aromatic carbocycles. The zero-order valence-electron chi connectivity index (χ0n) is 22.4. The SMILES string of the molecule is CC(C)(C)OC(=O)NCC1CCN(C(=O)[C@@H](CC(=O)c2cc3cc(Cl)ncc3[nH]2)Cc2ccc(F)cc2)CC1. The van der Waals surface area contributed by atoms with Gasteiger partial charge in [0.2, 0.25) is 5.91 Å². The molecule has 2 amide bonds. The van der Waals surface area contributed by atoms with Gasteiger partial charge < -0.3 is 19.9 Å². The number of hydrogen-bond donors (Lipinski definition) is 2. The number of alkyl carbamates (subject to hydrolysis) is 1. The highest BCUT2D eigenvalue weighted by Gasteiger charge is 2.31. The number of rotatable bonds is 8. The van der Waals surface area contributed by atoms with E-state index < -0.39 is 17.6 Å². The third kappa shape index (κ3) is 8.02. The number of carbonyl (C=O) groups is 3. The Bertz CT molecular complexity index is 1330. The summed E-state index contributed by atoms with van der Waals surface area (Å²) in [5.41, 5.74) is 1.30. The number of carbonyl (C=O) groups excluding carboxylic acids is 3. The molecule has 2 N–H and O–H groups in total. The van der Waals surface area contributed by atoms with E-state index in [-0.39, 0.29) is 29.8 Å². The summed E-state index contributed by atoms with van der Waals surface area (Å²) in [7, 11) is 0. The fraction of sp³-hybridized carbons (Fsp3) is 0.448. The fourth-order valence-electron chi connectivity index (χ4n) is 4.80. The summed E-state index contributed by atoms with van der Waals surface area (Å²) in [6.07, 6.45) is 2.90. The fourth-order valence-corrected chi connectivity index (χ4v) is 4.96. The maximum absolute atomic E-state index is 13.7. The van der Waals surface area contributed by atoms with Crippen LogP contribution in [0.15, 0.2) is 42.6 Å². The number of hydrogen-bond acceptors (Lipinski definition) is 5. The molecule has 4 rings (SSSR count). The van der Waals surface area contributed by atoms with Gasteiger partial charge >= 0.3 is 6.09 Å². The van der Waals surface area contributed by atoms with Gasteiger partial charge in [0.05, 0.1) is 17.4 Å². The second kappa shape index (κ2) is 12.2. The van der Waals surface area contributed by atoms with Gasteiger partial charge in [-0.3, -0.25) is 9.59 Å². The zero-order valence-corrected chi connectivity index (χ0v) is 23.2. The lowest BCUT2D eigenvalue weighted by Crippen LogP contribution is -2.45. The maximum atomic E-state index is 13.7. The number of H-pyrrole nitrogens is 1. The highest BCUT2D eigenvalue weighted by molar-refractivity contribution is 6.30. The van der Waals surface area contributed by atoms with Crippen molar-refractivity contribution < 1.29 is 23.5 Å². The van der Waals surface area contributed by atoms with E-state index in [1.807, 2.05) is 20.8 Å². The number of amides is 2. The molecule has 1 fully saturated rings. The molecule has 1 atom stereocenters. The second-order valence-electron chi connectivity index (χ2n) is 11.1. The Morgan fingerprint density at radius 2 is 1.87 bits per heavy atom. The lowest BCUT2D eigenvalue weighted by Gasteiger charge is -2.34. The number of nitrogens with zero attached hydrogens (tertiary/aromatic N) is 2. The number of pyridine rings is 1. The van der Waals surface area contributed by atoms with Gasteiger partial charge in [-0.1, -0.05) is 23.7 Å². The van der Waals surface area contributed by atoms with Crippen LogP contribution >= 0.6 is 11.6 Å². The van der Waals surface area contributed by atoms with Crippen LogP contribution in [0, 0.1) is 17.7 Å². The van der Waals surface area contributed by atoms with Crippen molar-refractivity contribution in [3.05, 3.63) is 64.8 Å². The van der Waals surface area contributed by atoms with Crippen LogP contribution in [0.1, 0.15) is 56.1 Å². The van der Waals surface area contributed by atoms with Gasteiger partial charge in [-0.15, -0.1) is 0 Å². The van der Waals surface area contributed by atoms with Crippen molar-refractivity contribution in [3.8, 4) is 0 Å². The average molecular weight is 557 g/mol. The van der Waals surface area contributed by atoms with E-state index >= 15 is 0 Å². The molecule has 0 spiro atoms. The van der Waals surface area contributed by atoms with E-state index in [1.54, 1.807) is 35.4 Å². The standard InChI is InChI=1S/C29H34ClFN4O4/c1-29(2,3)39-28(38)33-16-19-8-10-35(11-9-19)27(37)21(12-18-4-6-22(31)7-5-18)14-25(36)23-13-20-15-26(30)32-17-24(20)34-23/h4-7,13,15,17,19,21,34H,8-12,14,16H2,1-3H3,(H,33,38)/t21-/m1/s1. The number of piperidine rings is 1. The van der Waals surface area contributed by atoms with Gasteiger partial charge in [0.15, 0.2) is 5.78 Å². The Balaban J connectivity index is 1.41. The molecular weight excluding hydrogens is 523 g/mol. The van der Waals surface area contributed by atoms with Crippen molar-refractivity contribution in [2.45, 2.75) is 52.1 Å². The van der Waals surface area contributed by atoms with Gasteiger partial charge in [0.1, 0.15) is 16.6 Å². The Labute approximate surface area is 232 Å². The first-order valence-corrected chi connectivity index (χ1v) is 13.5. The van der Waals surface area contributed by atoms with Crippen molar-refractivity contribution in [1.29, 1.82) is 0 Å². The van der Waals surface area contributed by atoms with Gasteiger partial charge in [-0.05, 0) is 75.8 Å². The maximum Gasteiger partial charge on any atom is 0.407 e. The number of Topliss-reactive ketones (excluding diaryl/α,β-unsaturated/α-hetero) is 1. The summed E-state index contributed by atoms with van der Waals surface area (Å²) in [6, 6.07) is 9.39. The Kier molecular flexibility index (Phi) is 8.90. The summed E-state index contributed by atoms with van der Waals surface area (Å²) in [4.78, 5) is 47.8. The Morgan fingerprint density at radius 3 is 2.54 bits per heavy atom. The largest absolute Gasteiger partial charge is 0.444 e. The van der Waals surface area contributed by atoms with Crippen LogP contribution in [-0.2, 0) is 16.0 Å². The molecule has 208 valence electrons. The number of likely N-dealkylation sites (tertiary alicyclic amines) is 1. The Hall–Kier alpha value is -3.46. The van der Waals surface area contributed by atoms with E-state index in [2.05, 4.69) is 15.3 Å². The molecule has 10 heteroatoms. The van der Waals surface area contributed by atoms with Gasteiger partial charge in [-0.2, -0.15) is 0 Å². The molecule has 3 heterocycles. The number of ether oxygens (including phenoxy) is 1. The molecule has 0 radical (unpaired) electrons. The summed E-state index contributed by atoms with van der Waals surface area (Å²) in [6.45, 7) is 6.99. The smallest absolute Gasteiger partial charge is 0.407 e. The first-order valence-electron chi connectivity index (χ1n) is 13.1. The third-order valence-electron chi connectivity index (χ3n) is 6.81. The van der Waals surface area contributed by atoms with Crippen molar-refractivity contribution >= 4 is 40.3 Å². The topological polar surface area (TPSA) is 104 Å². The quantitative estimate of drug-likeness (QED) is 0.279. The van der Waals surface area contributed by atoms with Crippen LogP contribution in [0.3, 0.4) is 0 Å². The molecule has 1 aliphatic heterocycles. The van der Waals surface area contributed by atoms with Crippen LogP contribution in [-0.4, -0.2) is 57.9 Å². The van der Waals surface area contributed by atoms with Crippen molar-refractivity contribution in [2.24, 2.45) is 11.8 Å². The van der Waals surface area contributed by atoms with Crippen molar-refractivity contribution in [3.63, 3.8) is 0 Å². The second-order valence-corrected chi connectivity index (χ2v) is 11.5. The predicted octanol–water partition coefficient (Wildman–Crippen LogP) is 5.55. The van der Waals surface area contributed by atoms with Crippen LogP contribution in [0.25, 0.3) is 10.9 Å². The van der Waals surface area contributed by atoms with E-state index in [0.717, 1.165) is 23.8 Å². The van der Waals surface area contributed by atoms with Gasteiger partial charge in [0.25, 0.3) is 0 Å². The molecule has 2 aromatic heterocycles. The first kappa shape index (κ1) is 28.5. The molecule has 39 heavy (non-hydrogen) atoms. The van der Waals surface area contributed by atoms with E-state index in [9.17, 15) is 18.8 Å². The minimum absolute atomic E-state index is 0.00429. The number of ketones is 1. The van der Waals surface area contributed by atoms with Gasteiger partial charge in [-0.25, -0.2) is 14.2 Å². The number of aromatic amines is 1. The van der Waals surface area contributed by atoms with Crippen LogP contribution in [0.2, 0.25) is 5.15 Å². The van der Waals surface area contributed by atoms with Crippen molar-refractivity contribution in [1.82, 2.24) is 20.2 Å². The van der Waals surface area contributed by atoms with Crippen LogP contribution in [0.4, 0.5) is 9.18 Å². The van der Waals surface area contributed by atoms with E-state index in [4.69, 9.17) is 16.3 Å². The predicted molar refractivity (Wildman–Crippen MR) is 147 cm³/mol. The monoisotopic (exact) mass is 556 g/mol. The number of halogens is 2.